The van der Waals surface area contributed by atoms with Crippen LogP contribution in [0, 0.1) is 5.92 Å². The maximum absolute atomic E-state index is 12.4. The molecule has 104 valence electrons. The molecule has 1 aliphatic carbocycles. The molecule has 1 aromatic carbocycles. The Kier molecular flexibility index (Phi) is 5.15. The van der Waals surface area contributed by atoms with E-state index in [2.05, 4.69) is 18.7 Å². The van der Waals surface area contributed by atoms with Gasteiger partial charge in [0.15, 0.2) is 5.78 Å². The molecule has 1 unspecified atom stereocenters. The van der Waals surface area contributed by atoms with Gasteiger partial charge in [-0.05, 0) is 25.8 Å². The van der Waals surface area contributed by atoms with E-state index in [1.807, 2.05) is 30.3 Å². The van der Waals surface area contributed by atoms with E-state index in [1.54, 1.807) is 0 Å². The van der Waals surface area contributed by atoms with E-state index in [9.17, 15) is 4.79 Å². The molecule has 0 radical (unpaired) electrons. The number of hydrogen-bond donors (Lipinski definition) is 0. The lowest BCUT2D eigenvalue weighted by atomic mass is 9.98. The molecule has 2 rings (SSSR count). The third kappa shape index (κ3) is 4.17. The van der Waals surface area contributed by atoms with Crippen molar-refractivity contribution in [1.29, 1.82) is 0 Å². The van der Waals surface area contributed by atoms with Crippen molar-refractivity contribution in [2.45, 2.75) is 45.6 Å². The lowest BCUT2D eigenvalue weighted by molar-refractivity contribution is 0.0889. The fourth-order valence-electron chi connectivity index (χ4n) is 2.55. The summed E-state index contributed by atoms with van der Waals surface area (Å²) < 4.78 is 0. The fourth-order valence-corrected chi connectivity index (χ4v) is 2.55. The predicted molar refractivity (Wildman–Crippen MR) is 79.4 cm³/mol. The van der Waals surface area contributed by atoms with E-state index in [1.165, 1.54) is 25.7 Å². The van der Waals surface area contributed by atoms with Crippen LogP contribution in [0.25, 0.3) is 0 Å². The SMILES string of the molecule is CCCCN(CC(C)C(=O)c1ccccc1)C1CC1. The highest BCUT2D eigenvalue weighted by molar-refractivity contribution is 5.97. The molecule has 1 saturated carbocycles. The zero-order valence-corrected chi connectivity index (χ0v) is 12.1. The summed E-state index contributed by atoms with van der Waals surface area (Å²) in [4.78, 5) is 14.9. The molecular weight excluding hydrogens is 234 g/mol. The van der Waals surface area contributed by atoms with Crippen molar-refractivity contribution in [2.75, 3.05) is 13.1 Å². The Bertz CT molecular complexity index is 397. The van der Waals surface area contributed by atoms with Crippen molar-refractivity contribution >= 4 is 5.78 Å². The number of ketones is 1. The van der Waals surface area contributed by atoms with Gasteiger partial charge in [-0.3, -0.25) is 9.69 Å². The van der Waals surface area contributed by atoms with Crippen molar-refractivity contribution < 1.29 is 4.79 Å². The minimum Gasteiger partial charge on any atom is -0.300 e. The zero-order chi connectivity index (χ0) is 13.7. The summed E-state index contributed by atoms with van der Waals surface area (Å²) in [6.07, 6.45) is 5.10. The molecule has 0 aliphatic heterocycles. The summed E-state index contributed by atoms with van der Waals surface area (Å²) in [5.74, 6) is 0.377. The highest BCUT2D eigenvalue weighted by Crippen LogP contribution is 2.28. The Balaban J connectivity index is 1.91. The van der Waals surface area contributed by atoms with Gasteiger partial charge in [0, 0.05) is 24.1 Å². The van der Waals surface area contributed by atoms with Crippen molar-refractivity contribution in [1.82, 2.24) is 4.90 Å². The van der Waals surface area contributed by atoms with Crippen molar-refractivity contribution in [2.24, 2.45) is 5.92 Å². The van der Waals surface area contributed by atoms with Crippen LogP contribution in [0.5, 0.6) is 0 Å². The lowest BCUT2D eigenvalue weighted by Gasteiger charge is -2.24. The molecule has 1 fully saturated rings. The average molecular weight is 259 g/mol. The first-order valence-corrected chi connectivity index (χ1v) is 7.55. The summed E-state index contributed by atoms with van der Waals surface area (Å²) in [5, 5.41) is 0. The van der Waals surface area contributed by atoms with Crippen LogP contribution < -0.4 is 0 Å². The second-order valence-corrected chi connectivity index (χ2v) is 5.71. The van der Waals surface area contributed by atoms with Crippen LogP contribution >= 0.6 is 0 Å². The molecule has 0 N–H and O–H groups in total. The summed E-state index contributed by atoms with van der Waals surface area (Å²) >= 11 is 0. The first-order chi connectivity index (χ1) is 9.22. The molecule has 1 aromatic rings. The zero-order valence-electron chi connectivity index (χ0n) is 12.1. The van der Waals surface area contributed by atoms with Crippen LogP contribution in [-0.4, -0.2) is 29.8 Å². The van der Waals surface area contributed by atoms with Crippen LogP contribution in [0.3, 0.4) is 0 Å². The Labute approximate surface area is 116 Å². The number of rotatable bonds is 8. The highest BCUT2D eigenvalue weighted by atomic mass is 16.1. The highest BCUT2D eigenvalue weighted by Gasteiger charge is 2.30. The molecule has 0 saturated heterocycles. The van der Waals surface area contributed by atoms with E-state index < -0.39 is 0 Å². The van der Waals surface area contributed by atoms with Gasteiger partial charge in [-0.2, -0.15) is 0 Å². The van der Waals surface area contributed by atoms with Gasteiger partial charge >= 0.3 is 0 Å². The summed E-state index contributed by atoms with van der Waals surface area (Å²) in [6.45, 7) is 6.35. The third-order valence-electron chi connectivity index (χ3n) is 3.88. The van der Waals surface area contributed by atoms with Crippen LogP contribution in [0.2, 0.25) is 0 Å². The molecule has 1 aliphatic rings. The van der Waals surface area contributed by atoms with E-state index in [0.717, 1.165) is 24.7 Å². The molecule has 2 heteroatoms. The van der Waals surface area contributed by atoms with Gasteiger partial charge in [-0.25, -0.2) is 0 Å². The van der Waals surface area contributed by atoms with Gasteiger partial charge in [0.25, 0.3) is 0 Å². The molecule has 19 heavy (non-hydrogen) atoms. The second kappa shape index (κ2) is 6.85. The standard InChI is InChI=1S/C17H25NO/c1-3-4-12-18(16-10-11-16)13-14(2)17(19)15-8-6-5-7-9-15/h5-9,14,16H,3-4,10-13H2,1-2H3. The van der Waals surface area contributed by atoms with Gasteiger partial charge < -0.3 is 0 Å². The van der Waals surface area contributed by atoms with Crippen molar-refractivity contribution in [3.05, 3.63) is 35.9 Å². The monoisotopic (exact) mass is 259 g/mol. The molecule has 0 spiro atoms. The normalized spacial score (nSPS) is 16.6. The van der Waals surface area contributed by atoms with E-state index in [-0.39, 0.29) is 11.7 Å². The summed E-state index contributed by atoms with van der Waals surface area (Å²) in [6, 6.07) is 10.4. The average Bonchev–Trinajstić information content (AvgIpc) is 3.28. The van der Waals surface area contributed by atoms with Crippen molar-refractivity contribution in [3.63, 3.8) is 0 Å². The smallest absolute Gasteiger partial charge is 0.166 e. The number of carbonyl (C=O) groups is 1. The largest absolute Gasteiger partial charge is 0.300 e. The van der Waals surface area contributed by atoms with Crippen LogP contribution in [0.4, 0.5) is 0 Å². The maximum Gasteiger partial charge on any atom is 0.166 e. The Morgan fingerprint density at radius 1 is 1.32 bits per heavy atom. The van der Waals surface area contributed by atoms with Gasteiger partial charge in [0.05, 0.1) is 0 Å². The molecule has 0 bridgehead atoms. The number of unbranched alkanes of at least 4 members (excludes halogenated alkanes) is 1. The number of benzene rings is 1. The second-order valence-electron chi connectivity index (χ2n) is 5.71. The number of nitrogens with zero attached hydrogens (tertiary/aromatic N) is 1. The predicted octanol–water partition coefficient (Wildman–Crippen LogP) is 3.77. The minimum absolute atomic E-state index is 0.0971. The molecule has 0 aromatic heterocycles. The third-order valence-corrected chi connectivity index (χ3v) is 3.88. The van der Waals surface area contributed by atoms with E-state index in [4.69, 9.17) is 0 Å². The Hall–Kier alpha value is -1.15. The van der Waals surface area contributed by atoms with Crippen LogP contribution in [0.1, 0.15) is 49.9 Å². The van der Waals surface area contributed by atoms with E-state index in [0.29, 0.717) is 0 Å². The van der Waals surface area contributed by atoms with Gasteiger partial charge in [0.2, 0.25) is 0 Å². The molecule has 0 heterocycles. The summed E-state index contributed by atoms with van der Waals surface area (Å²) in [7, 11) is 0. The molecule has 0 amide bonds. The molecule has 2 nitrogen and oxygen atoms in total. The quantitative estimate of drug-likeness (QED) is 0.662. The lowest BCUT2D eigenvalue weighted by Crippen LogP contribution is -2.34. The fraction of sp³-hybridized carbons (Fsp3) is 0.588. The Morgan fingerprint density at radius 3 is 2.58 bits per heavy atom. The van der Waals surface area contributed by atoms with Crippen LogP contribution in [0.15, 0.2) is 30.3 Å². The molecule has 1 atom stereocenters. The number of Topliss-reactive ketones (excluding diaryl/α,β-unsaturated/α-hetero) is 1. The maximum atomic E-state index is 12.4. The first-order valence-electron chi connectivity index (χ1n) is 7.55. The topological polar surface area (TPSA) is 20.3 Å². The number of carbonyl (C=O) groups excluding carboxylic acids is 1. The van der Waals surface area contributed by atoms with Gasteiger partial charge in [-0.1, -0.05) is 50.6 Å². The Morgan fingerprint density at radius 2 is 2.00 bits per heavy atom. The van der Waals surface area contributed by atoms with Gasteiger partial charge in [0.1, 0.15) is 0 Å². The molecular formula is C17H25NO. The van der Waals surface area contributed by atoms with Crippen LogP contribution in [-0.2, 0) is 0 Å². The van der Waals surface area contributed by atoms with E-state index >= 15 is 0 Å². The summed E-state index contributed by atoms with van der Waals surface area (Å²) in [5.41, 5.74) is 0.848. The number of hydrogen-bond acceptors (Lipinski definition) is 2. The van der Waals surface area contributed by atoms with Gasteiger partial charge in [-0.15, -0.1) is 0 Å². The minimum atomic E-state index is 0.0971. The first kappa shape index (κ1) is 14.3. The van der Waals surface area contributed by atoms with Crippen molar-refractivity contribution in [3.8, 4) is 0 Å².